The van der Waals surface area contributed by atoms with Crippen molar-refractivity contribution in [1.29, 1.82) is 0 Å². The molecule has 0 radical (unpaired) electrons. The Morgan fingerprint density at radius 1 is 0.969 bits per heavy atom. The maximum absolute atomic E-state index is 14.3. The van der Waals surface area contributed by atoms with Gasteiger partial charge in [0.1, 0.15) is 18.0 Å². The second kappa shape index (κ2) is 9.66. The topological polar surface area (TPSA) is 72.8 Å². The highest BCUT2D eigenvalue weighted by Crippen LogP contribution is 2.35. The van der Waals surface area contributed by atoms with Gasteiger partial charge in [-0.1, -0.05) is 26.0 Å². The molecule has 3 atom stereocenters. The van der Waals surface area contributed by atoms with Crippen molar-refractivity contribution in [2.45, 2.75) is 69.0 Å². The van der Waals surface area contributed by atoms with Crippen LogP contribution >= 0.6 is 0 Å². The van der Waals surface area contributed by atoms with E-state index in [1.54, 1.807) is 0 Å². The Labute approximate surface area is 184 Å². The fourth-order valence-corrected chi connectivity index (χ4v) is 4.34. The average molecular weight is 476 g/mol. The largest absolute Gasteiger partial charge is 0.490 e. The Morgan fingerprint density at radius 3 is 2.00 bits per heavy atom. The second-order valence-electron chi connectivity index (χ2n) is 7.91. The number of halogens is 4. The smallest absolute Gasteiger partial charge is 0.300 e. The maximum atomic E-state index is 14.3. The summed E-state index contributed by atoms with van der Waals surface area (Å²) in [7, 11) is -5.52. The molecule has 0 heterocycles. The SMILES string of the molecule is CCC(C)c1ccc(OC2CCCC(Oc3c(F)c(F)c(S(=O)(=O)O)c(F)c3F)C2)cc1. The van der Waals surface area contributed by atoms with E-state index in [-0.39, 0.29) is 12.5 Å². The highest BCUT2D eigenvalue weighted by molar-refractivity contribution is 7.85. The van der Waals surface area contributed by atoms with Crippen molar-refractivity contribution in [2.24, 2.45) is 0 Å². The number of benzene rings is 2. The lowest BCUT2D eigenvalue weighted by atomic mass is 9.94. The molecule has 0 saturated heterocycles. The first kappa shape index (κ1) is 24.3. The van der Waals surface area contributed by atoms with Gasteiger partial charge in [-0.2, -0.15) is 17.2 Å². The minimum Gasteiger partial charge on any atom is -0.490 e. The number of rotatable bonds is 7. The van der Waals surface area contributed by atoms with Crippen molar-refractivity contribution in [3.8, 4) is 11.5 Å². The van der Waals surface area contributed by atoms with Crippen LogP contribution in [0.25, 0.3) is 0 Å². The average Bonchev–Trinajstić information content (AvgIpc) is 2.75. The zero-order chi connectivity index (χ0) is 23.6. The molecule has 0 spiro atoms. The molecule has 3 rings (SSSR count). The van der Waals surface area contributed by atoms with Gasteiger partial charge in [-0.05, 0) is 49.3 Å². The Kier molecular flexibility index (Phi) is 7.34. The number of hydrogen-bond acceptors (Lipinski definition) is 4. The van der Waals surface area contributed by atoms with Crippen LogP contribution in [-0.4, -0.2) is 25.2 Å². The molecule has 1 saturated carbocycles. The summed E-state index contributed by atoms with van der Waals surface area (Å²) in [5.41, 5.74) is 1.17. The molecule has 32 heavy (non-hydrogen) atoms. The normalized spacial score (nSPS) is 20.1. The molecule has 1 N–H and O–H groups in total. The molecule has 0 bridgehead atoms. The van der Waals surface area contributed by atoms with Gasteiger partial charge in [-0.25, -0.2) is 8.78 Å². The summed E-state index contributed by atoms with van der Waals surface area (Å²) in [5.74, 6) is -8.88. The van der Waals surface area contributed by atoms with E-state index in [2.05, 4.69) is 13.8 Å². The Morgan fingerprint density at radius 2 is 1.50 bits per heavy atom. The highest BCUT2D eigenvalue weighted by atomic mass is 32.2. The molecule has 0 aromatic heterocycles. The summed E-state index contributed by atoms with van der Waals surface area (Å²) < 4.78 is 98.6. The Balaban J connectivity index is 1.74. The van der Waals surface area contributed by atoms with Crippen molar-refractivity contribution in [3.63, 3.8) is 0 Å². The summed E-state index contributed by atoms with van der Waals surface area (Å²) in [4.78, 5) is -2.09. The monoisotopic (exact) mass is 476 g/mol. The molecule has 2 aromatic rings. The highest BCUT2D eigenvalue weighted by Gasteiger charge is 2.35. The molecule has 1 aliphatic rings. The van der Waals surface area contributed by atoms with E-state index >= 15 is 0 Å². The first-order valence-electron chi connectivity index (χ1n) is 10.3. The van der Waals surface area contributed by atoms with Gasteiger partial charge in [0.2, 0.25) is 11.6 Å². The van der Waals surface area contributed by atoms with E-state index in [0.717, 1.165) is 6.42 Å². The van der Waals surface area contributed by atoms with Crippen LogP contribution in [0, 0.1) is 23.3 Å². The molecule has 5 nitrogen and oxygen atoms in total. The van der Waals surface area contributed by atoms with Crippen molar-refractivity contribution in [3.05, 3.63) is 53.1 Å². The molecule has 1 fully saturated rings. The molecule has 176 valence electrons. The minimum atomic E-state index is -5.52. The third-order valence-corrected chi connectivity index (χ3v) is 6.54. The molecule has 10 heteroatoms. The lowest BCUT2D eigenvalue weighted by molar-refractivity contribution is 0.0618. The molecule has 1 aliphatic carbocycles. The standard InChI is InChI=1S/C22H24F4O5S/c1-3-12(2)13-7-9-14(10-8-13)30-15-5-4-6-16(11-15)31-21-17(23)19(25)22(32(27,28)29)20(26)18(21)24/h7-10,12,15-16H,3-6,11H2,1-2H3,(H,27,28,29). The van der Waals surface area contributed by atoms with Crippen molar-refractivity contribution in [1.82, 2.24) is 0 Å². The minimum absolute atomic E-state index is 0.204. The van der Waals surface area contributed by atoms with Gasteiger partial charge < -0.3 is 9.47 Å². The zero-order valence-electron chi connectivity index (χ0n) is 17.6. The summed E-state index contributed by atoms with van der Waals surface area (Å²) in [6.07, 6.45) is 1.64. The van der Waals surface area contributed by atoms with Crippen LogP contribution in [0.5, 0.6) is 11.5 Å². The maximum Gasteiger partial charge on any atom is 0.300 e. The Bertz CT molecular complexity index is 1040. The molecule has 2 aromatic carbocycles. The fourth-order valence-electron chi connectivity index (χ4n) is 3.71. The van der Waals surface area contributed by atoms with Crippen LogP contribution in [0.1, 0.15) is 57.4 Å². The summed E-state index contributed by atoms with van der Waals surface area (Å²) >= 11 is 0. The van der Waals surface area contributed by atoms with Crippen LogP contribution in [-0.2, 0) is 10.1 Å². The van der Waals surface area contributed by atoms with E-state index in [1.807, 2.05) is 24.3 Å². The van der Waals surface area contributed by atoms with E-state index < -0.39 is 50.1 Å². The summed E-state index contributed by atoms with van der Waals surface area (Å²) in [5, 5.41) is 0. The van der Waals surface area contributed by atoms with E-state index in [9.17, 15) is 26.0 Å². The van der Waals surface area contributed by atoms with Gasteiger partial charge in [-0.3, -0.25) is 4.55 Å². The lowest BCUT2D eigenvalue weighted by Gasteiger charge is -2.30. The zero-order valence-corrected chi connectivity index (χ0v) is 18.4. The fraction of sp³-hybridized carbons (Fsp3) is 0.455. The lowest BCUT2D eigenvalue weighted by Crippen LogP contribution is -2.32. The summed E-state index contributed by atoms with van der Waals surface area (Å²) in [6, 6.07) is 7.61. The van der Waals surface area contributed by atoms with Crippen LogP contribution in [0.15, 0.2) is 29.2 Å². The van der Waals surface area contributed by atoms with Crippen LogP contribution in [0.3, 0.4) is 0 Å². The van der Waals surface area contributed by atoms with Crippen LogP contribution in [0.4, 0.5) is 17.6 Å². The molecule has 0 aliphatic heterocycles. The second-order valence-corrected chi connectivity index (χ2v) is 9.27. The van der Waals surface area contributed by atoms with Crippen LogP contribution < -0.4 is 9.47 Å². The molecule has 3 unspecified atom stereocenters. The van der Waals surface area contributed by atoms with Crippen molar-refractivity contribution in [2.75, 3.05) is 0 Å². The molecule has 0 amide bonds. The first-order chi connectivity index (χ1) is 15.0. The van der Waals surface area contributed by atoms with Gasteiger partial charge in [0.25, 0.3) is 0 Å². The number of hydrogen-bond donors (Lipinski definition) is 1. The van der Waals surface area contributed by atoms with Gasteiger partial charge in [-0.15, -0.1) is 0 Å². The van der Waals surface area contributed by atoms with Crippen LogP contribution in [0.2, 0.25) is 0 Å². The van der Waals surface area contributed by atoms with Gasteiger partial charge >= 0.3 is 10.1 Å². The third-order valence-electron chi connectivity index (χ3n) is 5.67. The third kappa shape index (κ3) is 5.17. The molecular formula is C22H24F4O5S. The summed E-state index contributed by atoms with van der Waals surface area (Å²) in [6.45, 7) is 4.21. The quantitative estimate of drug-likeness (QED) is 0.312. The van der Waals surface area contributed by atoms with Crippen molar-refractivity contribution < 1.29 is 40.0 Å². The van der Waals surface area contributed by atoms with E-state index in [1.165, 1.54) is 5.56 Å². The van der Waals surface area contributed by atoms with Crippen molar-refractivity contribution >= 4 is 10.1 Å². The predicted octanol–water partition coefficient (Wildman–Crippen LogP) is 5.77. The number of ether oxygens (including phenoxy) is 2. The molecular weight excluding hydrogens is 452 g/mol. The van der Waals surface area contributed by atoms with E-state index in [4.69, 9.17) is 14.0 Å². The van der Waals surface area contributed by atoms with Gasteiger partial charge in [0.15, 0.2) is 22.3 Å². The van der Waals surface area contributed by atoms with Gasteiger partial charge in [0, 0.05) is 6.42 Å². The Hall–Kier alpha value is -2.33. The van der Waals surface area contributed by atoms with E-state index in [0.29, 0.717) is 30.9 Å². The first-order valence-corrected chi connectivity index (χ1v) is 11.7. The van der Waals surface area contributed by atoms with Gasteiger partial charge in [0.05, 0.1) is 0 Å². The predicted molar refractivity (Wildman–Crippen MR) is 109 cm³/mol.